The smallest absolute Gasteiger partial charge is 0.413 e. The Bertz CT molecular complexity index is 1640. The van der Waals surface area contributed by atoms with E-state index < -0.39 is 30.4 Å². The van der Waals surface area contributed by atoms with Crippen LogP contribution in [0.1, 0.15) is 24.2 Å². The van der Waals surface area contributed by atoms with Gasteiger partial charge in [0.15, 0.2) is 0 Å². The van der Waals surface area contributed by atoms with Crippen LogP contribution in [0.4, 0.5) is 15.0 Å². The van der Waals surface area contributed by atoms with E-state index in [2.05, 4.69) is 10.4 Å². The molecule has 2 N–H and O–H groups in total. The van der Waals surface area contributed by atoms with Gasteiger partial charge in [0.25, 0.3) is 0 Å². The average Bonchev–Trinajstić information content (AvgIpc) is 3.59. The van der Waals surface area contributed by atoms with Gasteiger partial charge in [0.2, 0.25) is 0 Å². The molecule has 1 amide bonds. The summed E-state index contributed by atoms with van der Waals surface area (Å²) in [6.07, 6.45) is 0.253. The molecule has 3 heterocycles. The number of aryl methyl sites for hydroxylation is 1. The number of methoxy groups -OCH3 is 1. The zero-order valence-electron chi connectivity index (χ0n) is 21.2. The van der Waals surface area contributed by atoms with Gasteiger partial charge in [-0.25, -0.2) is 9.18 Å². The second-order valence-electron chi connectivity index (χ2n) is 8.78. The number of ether oxygens (including phenoxy) is 2. The van der Waals surface area contributed by atoms with Crippen molar-refractivity contribution in [1.82, 2.24) is 9.78 Å². The number of nitrogens with zero attached hydrogens (tertiary/aromatic N) is 2. The van der Waals surface area contributed by atoms with Gasteiger partial charge in [0, 0.05) is 37.3 Å². The van der Waals surface area contributed by atoms with Gasteiger partial charge in [-0.2, -0.15) is 5.10 Å². The van der Waals surface area contributed by atoms with Gasteiger partial charge in [-0.1, -0.05) is 30.3 Å². The van der Waals surface area contributed by atoms with Crippen LogP contribution in [0.15, 0.2) is 60.8 Å². The number of aromatic nitrogens is 2. The number of hydrogen-bond acceptors (Lipinski definition) is 7. The zero-order chi connectivity index (χ0) is 27.7. The number of fused-ring (bicyclic) bond motifs is 1. The first-order valence-electron chi connectivity index (χ1n) is 11.9. The zero-order valence-corrected chi connectivity index (χ0v) is 22.9. The topological polar surface area (TPSA) is 103 Å². The van der Waals surface area contributed by atoms with Crippen LogP contribution in [0.5, 0.6) is 5.75 Å². The highest BCUT2D eigenvalue weighted by molar-refractivity contribution is 7.31. The Balaban J connectivity index is 1.39. The first-order chi connectivity index (χ1) is 18.7. The number of carbonyl (C=O) groups is 2. The minimum absolute atomic E-state index is 0.0667. The Labute approximate surface area is 231 Å². The number of nitrogens with one attached hydrogen (secondary N) is 1. The van der Waals surface area contributed by atoms with E-state index in [1.54, 1.807) is 17.9 Å². The molecule has 1 atom stereocenters. The third-order valence-corrected chi connectivity index (χ3v) is 8.52. The standard InChI is InChI=1S/C28H24FN3O5S2/c1-15(16-7-5-4-6-8-16)37-28(35)31-27-19(14-30-32(27)2)23-13-25-24(39-23)12-22(38-25)18-11-20(29)17(10-26(33)34)9-21(18)36-3/h4-9,11-15H,10H2,1-3H3,(H,31,35)(H,33,34)/t15-/m1/s1. The highest BCUT2D eigenvalue weighted by Gasteiger charge is 2.21. The largest absolute Gasteiger partial charge is 0.496 e. The summed E-state index contributed by atoms with van der Waals surface area (Å²) in [5, 5.41) is 16.2. The second-order valence-corrected chi connectivity index (χ2v) is 10.9. The van der Waals surface area contributed by atoms with E-state index in [9.17, 15) is 14.0 Å². The molecule has 0 fully saturated rings. The van der Waals surface area contributed by atoms with Crippen LogP contribution >= 0.6 is 22.7 Å². The molecule has 0 unspecified atom stereocenters. The SMILES string of the molecule is COc1cc(CC(=O)O)c(F)cc1-c1cc2sc(-c3cnn(C)c3NC(=O)O[C@H](C)c3ccccc3)cc2s1. The number of hydrogen-bond donors (Lipinski definition) is 2. The molecule has 2 aromatic carbocycles. The van der Waals surface area contributed by atoms with Crippen LogP contribution in [-0.2, 0) is 23.0 Å². The van der Waals surface area contributed by atoms with Gasteiger partial charge >= 0.3 is 12.1 Å². The molecule has 3 aromatic heterocycles. The molecule has 5 aromatic rings. The average molecular weight is 566 g/mol. The number of halogens is 1. The van der Waals surface area contributed by atoms with E-state index in [-0.39, 0.29) is 5.56 Å². The highest BCUT2D eigenvalue weighted by atomic mass is 32.1. The van der Waals surface area contributed by atoms with Crippen molar-refractivity contribution in [3.8, 4) is 26.6 Å². The van der Waals surface area contributed by atoms with Crippen molar-refractivity contribution in [2.45, 2.75) is 19.4 Å². The Kier molecular flexibility index (Phi) is 7.36. The maximum atomic E-state index is 14.6. The molecule has 0 spiro atoms. The highest BCUT2D eigenvalue weighted by Crippen LogP contribution is 2.45. The van der Waals surface area contributed by atoms with E-state index in [0.29, 0.717) is 17.1 Å². The van der Waals surface area contributed by atoms with E-state index >= 15 is 0 Å². The van der Waals surface area contributed by atoms with Gasteiger partial charge < -0.3 is 14.6 Å². The Morgan fingerprint density at radius 3 is 2.38 bits per heavy atom. The third kappa shape index (κ3) is 5.50. The summed E-state index contributed by atoms with van der Waals surface area (Å²) in [5.74, 6) is -0.794. The molecule has 11 heteroatoms. The molecule has 200 valence electrons. The molecule has 0 bridgehead atoms. The van der Waals surface area contributed by atoms with Gasteiger partial charge in [-0.15, -0.1) is 22.7 Å². The minimum Gasteiger partial charge on any atom is -0.496 e. The van der Waals surface area contributed by atoms with E-state index in [4.69, 9.17) is 14.6 Å². The number of carboxylic acids is 1. The molecule has 8 nitrogen and oxygen atoms in total. The van der Waals surface area contributed by atoms with Crippen LogP contribution in [0.2, 0.25) is 0 Å². The number of aliphatic carboxylic acids is 1. The fourth-order valence-corrected chi connectivity index (χ4v) is 6.63. The number of carbonyl (C=O) groups excluding carboxylic acids is 1. The minimum atomic E-state index is -1.11. The summed E-state index contributed by atoms with van der Waals surface area (Å²) < 4.78 is 29.2. The van der Waals surface area contributed by atoms with Gasteiger partial charge in [-0.3, -0.25) is 14.8 Å². The van der Waals surface area contributed by atoms with Crippen molar-refractivity contribution in [2.24, 2.45) is 7.05 Å². The Morgan fingerprint density at radius 1 is 1.08 bits per heavy atom. The summed E-state index contributed by atoms with van der Waals surface area (Å²) in [7, 11) is 3.21. The van der Waals surface area contributed by atoms with Gasteiger partial charge in [0.1, 0.15) is 23.5 Å². The third-order valence-electron chi connectivity index (χ3n) is 6.16. The molecule has 5 rings (SSSR count). The molecule has 0 saturated heterocycles. The number of rotatable bonds is 8. The lowest BCUT2D eigenvalue weighted by Crippen LogP contribution is -2.18. The quantitative estimate of drug-likeness (QED) is 0.208. The van der Waals surface area contributed by atoms with Crippen LogP contribution in [0.25, 0.3) is 30.3 Å². The number of benzene rings is 2. The summed E-state index contributed by atoms with van der Waals surface area (Å²) >= 11 is 2.98. The molecule has 0 radical (unpaired) electrons. The molecular formula is C28H24FN3O5S2. The predicted octanol–water partition coefficient (Wildman–Crippen LogP) is 7.11. The van der Waals surface area contributed by atoms with Crippen molar-refractivity contribution >= 4 is 50.0 Å². The van der Waals surface area contributed by atoms with Crippen LogP contribution in [-0.4, -0.2) is 34.1 Å². The predicted molar refractivity (Wildman–Crippen MR) is 150 cm³/mol. The maximum absolute atomic E-state index is 14.6. The Hall–Kier alpha value is -4.22. The molecule has 0 aliphatic rings. The molecular weight excluding hydrogens is 541 g/mol. The van der Waals surface area contributed by atoms with Crippen molar-refractivity contribution in [3.63, 3.8) is 0 Å². The van der Waals surface area contributed by atoms with Crippen LogP contribution < -0.4 is 10.1 Å². The van der Waals surface area contributed by atoms with Gasteiger partial charge in [-0.05, 0) is 36.8 Å². The van der Waals surface area contributed by atoms with Gasteiger partial charge in [0.05, 0.1) is 25.3 Å². The van der Waals surface area contributed by atoms with E-state index in [0.717, 1.165) is 30.3 Å². The van der Waals surface area contributed by atoms with Crippen molar-refractivity contribution in [2.75, 3.05) is 12.4 Å². The summed E-state index contributed by atoms with van der Waals surface area (Å²) in [6, 6.07) is 16.2. The molecule has 0 aliphatic carbocycles. The fraction of sp³-hybridized carbons (Fsp3) is 0.179. The lowest BCUT2D eigenvalue weighted by molar-refractivity contribution is -0.136. The van der Waals surface area contributed by atoms with Crippen molar-refractivity contribution in [3.05, 3.63) is 77.7 Å². The van der Waals surface area contributed by atoms with Crippen LogP contribution in [0, 0.1) is 5.82 Å². The molecule has 39 heavy (non-hydrogen) atoms. The van der Waals surface area contributed by atoms with E-state index in [1.165, 1.54) is 41.9 Å². The maximum Gasteiger partial charge on any atom is 0.413 e. The summed E-state index contributed by atoms with van der Waals surface area (Å²) in [6.45, 7) is 1.81. The number of anilines is 1. The lowest BCUT2D eigenvalue weighted by atomic mass is 10.1. The Morgan fingerprint density at radius 2 is 1.74 bits per heavy atom. The normalized spacial score (nSPS) is 11.9. The first-order valence-corrected chi connectivity index (χ1v) is 13.5. The lowest BCUT2D eigenvalue weighted by Gasteiger charge is -2.14. The second kappa shape index (κ2) is 10.9. The van der Waals surface area contributed by atoms with Crippen LogP contribution in [0.3, 0.4) is 0 Å². The number of thiophene rings is 2. The summed E-state index contributed by atoms with van der Waals surface area (Å²) in [5.41, 5.74) is 2.26. The fourth-order valence-electron chi connectivity index (χ4n) is 4.20. The number of amides is 1. The summed E-state index contributed by atoms with van der Waals surface area (Å²) in [4.78, 5) is 25.4. The van der Waals surface area contributed by atoms with Crippen molar-refractivity contribution in [1.29, 1.82) is 0 Å². The molecule has 0 saturated carbocycles. The molecule has 0 aliphatic heterocycles. The van der Waals surface area contributed by atoms with Crippen molar-refractivity contribution < 1.29 is 28.6 Å². The first kappa shape index (κ1) is 26.4. The van der Waals surface area contributed by atoms with E-state index in [1.807, 2.05) is 49.4 Å². The number of carboxylic acid groups (broad SMARTS) is 1. The monoisotopic (exact) mass is 565 g/mol.